The highest BCUT2D eigenvalue weighted by molar-refractivity contribution is 6.36. The molecule has 0 aliphatic carbocycles. The number of urea groups is 1. The summed E-state index contributed by atoms with van der Waals surface area (Å²) in [7, 11) is 3.56. The monoisotopic (exact) mass is 335 g/mol. The Bertz CT molecular complexity index is 843. The van der Waals surface area contributed by atoms with Crippen molar-refractivity contribution in [2.75, 3.05) is 19.0 Å². The van der Waals surface area contributed by atoms with Crippen LogP contribution in [0.25, 0.3) is 0 Å². The van der Waals surface area contributed by atoms with Gasteiger partial charge in [-0.2, -0.15) is 4.99 Å². The third-order valence-electron chi connectivity index (χ3n) is 3.41. The van der Waals surface area contributed by atoms with Crippen LogP contribution in [-0.2, 0) is 4.79 Å². The summed E-state index contributed by atoms with van der Waals surface area (Å²) >= 11 is 0. The fourth-order valence-electron chi connectivity index (χ4n) is 2.35. The minimum Gasteiger partial charge on any atom is -0.438 e. The standard InChI is InChI=1S/C19H17N3O3/c1-21(2)13-16-17(25-15-11-7-4-8-12-15)20-19(24)22(18(16)23)14-9-5-3-6-10-14/h3-13H,1-2H3/b16-13-. The van der Waals surface area contributed by atoms with Gasteiger partial charge in [-0.25, -0.2) is 9.69 Å². The smallest absolute Gasteiger partial charge is 0.358 e. The van der Waals surface area contributed by atoms with Crippen LogP contribution < -0.4 is 9.64 Å². The lowest BCUT2D eigenvalue weighted by molar-refractivity contribution is -0.114. The van der Waals surface area contributed by atoms with Gasteiger partial charge in [0.2, 0.25) is 5.90 Å². The first kappa shape index (κ1) is 16.4. The Morgan fingerprint density at radius 2 is 1.56 bits per heavy atom. The highest BCUT2D eigenvalue weighted by Crippen LogP contribution is 2.23. The van der Waals surface area contributed by atoms with Crippen molar-refractivity contribution in [3.05, 3.63) is 72.4 Å². The van der Waals surface area contributed by atoms with Crippen LogP contribution in [0.15, 0.2) is 77.4 Å². The first-order valence-corrected chi connectivity index (χ1v) is 7.70. The van der Waals surface area contributed by atoms with Gasteiger partial charge in [0, 0.05) is 20.3 Å². The summed E-state index contributed by atoms with van der Waals surface area (Å²) in [6.45, 7) is 0. The molecule has 2 aromatic rings. The number of benzene rings is 2. The van der Waals surface area contributed by atoms with Crippen LogP contribution in [0.4, 0.5) is 10.5 Å². The Kier molecular flexibility index (Phi) is 4.61. The quantitative estimate of drug-likeness (QED) is 0.809. The molecule has 0 spiro atoms. The molecule has 0 fully saturated rings. The number of carbonyl (C=O) groups is 2. The topological polar surface area (TPSA) is 62.2 Å². The predicted molar refractivity (Wildman–Crippen MR) is 95.6 cm³/mol. The predicted octanol–water partition coefficient (Wildman–Crippen LogP) is 3.08. The zero-order chi connectivity index (χ0) is 17.8. The molecule has 0 saturated heterocycles. The van der Waals surface area contributed by atoms with Crippen LogP contribution in [0.3, 0.4) is 0 Å². The number of para-hydroxylation sites is 2. The van der Waals surface area contributed by atoms with Crippen LogP contribution in [0.2, 0.25) is 0 Å². The van der Waals surface area contributed by atoms with Crippen molar-refractivity contribution >= 4 is 23.5 Å². The van der Waals surface area contributed by atoms with Crippen molar-refractivity contribution in [2.24, 2.45) is 4.99 Å². The molecule has 2 aromatic carbocycles. The molecule has 0 bridgehead atoms. The lowest BCUT2D eigenvalue weighted by atomic mass is 10.2. The van der Waals surface area contributed by atoms with Gasteiger partial charge in [-0.1, -0.05) is 36.4 Å². The molecule has 25 heavy (non-hydrogen) atoms. The number of rotatable bonds is 3. The Balaban J connectivity index is 2.02. The second kappa shape index (κ2) is 7.00. The highest BCUT2D eigenvalue weighted by Gasteiger charge is 2.35. The zero-order valence-electron chi connectivity index (χ0n) is 13.9. The van der Waals surface area contributed by atoms with Gasteiger partial charge in [0.25, 0.3) is 5.91 Å². The van der Waals surface area contributed by atoms with E-state index in [0.29, 0.717) is 11.4 Å². The minimum absolute atomic E-state index is 0.0120. The Hall–Kier alpha value is -3.41. The van der Waals surface area contributed by atoms with Crippen molar-refractivity contribution < 1.29 is 14.3 Å². The molecular weight excluding hydrogens is 318 g/mol. The first-order valence-electron chi connectivity index (χ1n) is 7.70. The summed E-state index contributed by atoms with van der Waals surface area (Å²) in [5, 5.41) is 0. The van der Waals surface area contributed by atoms with Crippen LogP contribution >= 0.6 is 0 Å². The van der Waals surface area contributed by atoms with Crippen molar-refractivity contribution in [1.29, 1.82) is 0 Å². The highest BCUT2D eigenvalue weighted by atomic mass is 16.5. The molecule has 1 aliphatic rings. The molecule has 1 heterocycles. The maximum atomic E-state index is 12.9. The van der Waals surface area contributed by atoms with Gasteiger partial charge in [0.05, 0.1) is 5.69 Å². The van der Waals surface area contributed by atoms with E-state index in [4.69, 9.17) is 4.74 Å². The van der Waals surface area contributed by atoms with Crippen molar-refractivity contribution in [2.45, 2.75) is 0 Å². The van der Waals surface area contributed by atoms with Gasteiger partial charge in [0.15, 0.2) is 0 Å². The Labute approximate surface area is 145 Å². The second-order valence-corrected chi connectivity index (χ2v) is 5.60. The number of anilines is 1. The molecule has 6 heteroatoms. The summed E-state index contributed by atoms with van der Waals surface area (Å²) in [6.07, 6.45) is 1.59. The van der Waals surface area contributed by atoms with Gasteiger partial charge in [-0.15, -0.1) is 0 Å². The average Bonchev–Trinajstić information content (AvgIpc) is 2.60. The number of hydrogen-bond donors (Lipinski definition) is 0. The van der Waals surface area contributed by atoms with E-state index >= 15 is 0 Å². The van der Waals surface area contributed by atoms with Gasteiger partial charge >= 0.3 is 6.03 Å². The third kappa shape index (κ3) is 3.58. The van der Waals surface area contributed by atoms with Gasteiger partial charge in [0.1, 0.15) is 11.3 Å². The SMILES string of the molecule is CN(C)/C=C1\C(=O)N(c2ccccc2)C(=O)N=C1Oc1ccccc1. The van der Waals surface area contributed by atoms with E-state index < -0.39 is 11.9 Å². The van der Waals surface area contributed by atoms with Gasteiger partial charge < -0.3 is 9.64 Å². The Morgan fingerprint density at radius 1 is 0.960 bits per heavy atom. The number of aliphatic imine (C=N–C) groups is 1. The molecule has 0 saturated carbocycles. The number of hydrogen-bond acceptors (Lipinski definition) is 4. The van der Waals surface area contributed by atoms with E-state index in [1.807, 2.05) is 12.1 Å². The molecular formula is C19H17N3O3. The third-order valence-corrected chi connectivity index (χ3v) is 3.41. The van der Waals surface area contributed by atoms with E-state index in [1.54, 1.807) is 73.7 Å². The zero-order valence-corrected chi connectivity index (χ0v) is 13.9. The molecule has 126 valence electrons. The van der Waals surface area contributed by atoms with E-state index in [0.717, 1.165) is 4.90 Å². The molecule has 1 aliphatic heterocycles. The largest absolute Gasteiger partial charge is 0.438 e. The summed E-state index contributed by atoms with van der Waals surface area (Å²) < 4.78 is 5.68. The maximum Gasteiger partial charge on any atom is 0.358 e. The summed E-state index contributed by atoms with van der Waals surface area (Å²) in [4.78, 5) is 32.1. The summed E-state index contributed by atoms with van der Waals surface area (Å²) in [5.74, 6) is 0.00702. The van der Waals surface area contributed by atoms with Crippen molar-refractivity contribution in [1.82, 2.24) is 4.90 Å². The molecule has 0 atom stereocenters. The summed E-state index contributed by atoms with van der Waals surface area (Å²) in [5.41, 5.74) is 0.668. The molecule has 3 rings (SSSR count). The second-order valence-electron chi connectivity index (χ2n) is 5.60. The molecule has 0 unspecified atom stereocenters. The number of imide groups is 1. The van der Waals surface area contributed by atoms with Crippen LogP contribution in [0.5, 0.6) is 5.75 Å². The average molecular weight is 335 g/mol. The van der Waals surface area contributed by atoms with E-state index in [1.165, 1.54) is 0 Å². The molecule has 0 N–H and O–H groups in total. The number of amides is 3. The molecule has 0 aromatic heterocycles. The Morgan fingerprint density at radius 3 is 2.16 bits per heavy atom. The van der Waals surface area contributed by atoms with E-state index in [2.05, 4.69) is 4.99 Å². The normalized spacial score (nSPS) is 16.0. The van der Waals surface area contributed by atoms with Crippen LogP contribution in [-0.4, -0.2) is 36.8 Å². The van der Waals surface area contributed by atoms with E-state index in [9.17, 15) is 9.59 Å². The molecule has 6 nitrogen and oxygen atoms in total. The number of carbonyl (C=O) groups excluding carboxylic acids is 2. The lowest BCUT2D eigenvalue weighted by Crippen LogP contribution is -2.44. The minimum atomic E-state index is -0.682. The van der Waals surface area contributed by atoms with Crippen LogP contribution in [0, 0.1) is 0 Å². The molecule has 3 amide bonds. The number of nitrogens with zero attached hydrogens (tertiary/aromatic N) is 3. The first-order chi connectivity index (χ1) is 12.1. The van der Waals surface area contributed by atoms with Crippen LogP contribution in [0.1, 0.15) is 0 Å². The van der Waals surface area contributed by atoms with Gasteiger partial charge in [-0.05, 0) is 24.3 Å². The van der Waals surface area contributed by atoms with Crippen molar-refractivity contribution in [3.63, 3.8) is 0 Å². The molecule has 0 radical (unpaired) electrons. The fraction of sp³-hybridized carbons (Fsp3) is 0.105. The number of ether oxygens (including phenoxy) is 1. The maximum absolute atomic E-state index is 12.9. The van der Waals surface area contributed by atoms with Crippen molar-refractivity contribution in [3.8, 4) is 5.75 Å². The summed E-state index contributed by atoms with van der Waals surface area (Å²) in [6, 6.07) is 16.9. The van der Waals surface area contributed by atoms with Gasteiger partial charge in [-0.3, -0.25) is 4.79 Å². The fourth-order valence-corrected chi connectivity index (χ4v) is 2.35. The lowest BCUT2D eigenvalue weighted by Gasteiger charge is -2.25. The van der Waals surface area contributed by atoms with E-state index in [-0.39, 0.29) is 11.5 Å².